The van der Waals surface area contributed by atoms with Crippen molar-refractivity contribution < 1.29 is 19.0 Å². The first-order chi connectivity index (χ1) is 13.0. The van der Waals surface area contributed by atoms with E-state index >= 15 is 0 Å². The number of benzene rings is 1. The summed E-state index contributed by atoms with van der Waals surface area (Å²) in [6.07, 6.45) is 1.18. The van der Waals surface area contributed by atoms with Crippen molar-refractivity contribution in [2.45, 2.75) is 33.0 Å². The number of esters is 1. The minimum atomic E-state index is -0.222. The van der Waals surface area contributed by atoms with E-state index in [4.69, 9.17) is 26.4 Å². The van der Waals surface area contributed by atoms with Crippen LogP contribution in [-0.4, -0.2) is 42.8 Å². The van der Waals surface area contributed by atoms with E-state index in [2.05, 4.69) is 11.0 Å². The van der Waals surface area contributed by atoms with Crippen LogP contribution in [0.2, 0.25) is 0 Å². The lowest BCUT2D eigenvalue weighted by Crippen LogP contribution is -2.33. The third kappa shape index (κ3) is 4.51. The van der Waals surface area contributed by atoms with Crippen LogP contribution >= 0.6 is 23.6 Å². The highest BCUT2D eigenvalue weighted by atomic mass is 32.1. The molecule has 1 aliphatic rings. The molecular formula is C19H24N2O4S2. The van der Waals surface area contributed by atoms with Gasteiger partial charge in [-0.25, -0.2) is 0 Å². The number of methoxy groups -OCH3 is 2. The van der Waals surface area contributed by atoms with Crippen molar-refractivity contribution in [3.63, 3.8) is 0 Å². The van der Waals surface area contributed by atoms with Gasteiger partial charge in [-0.05, 0) is 48.8 Å². The Kier molecular flexibility index (Phi) is 6.51. The number of ether oxygens (including phenoxy) is 3. The van der Waals surface area contributed by atoms with Gasteiger partial charge in [-0.15, -0.1) is 11.3 Å². The summed E-state index contributed by atoms with van der Waals surface area (Å²) in [6, 6.07) is 4.11. The molecule has 1 aromatic heterocycles. The van der Waals surface area contributed by atoms with E-state index in [1.54, 1.807) is 14.2 Å². The van der Waals surface area contributed by atoms with Crippen LogP contribution in [0.25, 0.3) is 0 Å². The summed E-state index contributed by atoms with van der Waals surface area (Å²) in [7, 11) is 3.31. The van der Waals surface area contributed by atoms with E-state index in [1.807, 2.05) is 22.9 Å². The van der Waals surface area contributed by atoms with Gasteiger partial charge in [0.05, 0.1) is 33.9 Å². The van der Waals surface area contributed by atoms with Gasteiger partial charge < -0.3 is 18.8 Å². The van der Waals surface area contributed by atoms with Crippen LogP contribution in [-0.2, 0) is 35.6 Å². The van der Waals surface area contributed by atoms with Gasteiger partial charge in [0, 0.05) is 24.2 Å². The summed E-state index contributed by atoms with van der Waals surface area (Å²) < 4.78 is 18.7. The molecule has 27 heavy (non-hydrogen) atoms. The maximum atomic E-state index is 11.9. The Labute approximate surface area is 168 Å². The molecule has 0 N–H and O–H groups in total. The third-order valence-electron chi connectivity index (χ3n) is 4.63. The maximum absolute atomic E-state index is 11.9. The first-order valence-electron chi connectivity index (χ1n) is 8.84. The summed E-state index contributed by atoms with van der Waals surface area (Å²) in [4.78, 5) is 14.2. The summed E-state index contributed by atoms with van der Waals surface area (Å²) in [5.74, 6) is 1.29. The largest absolute Gasteiger partial charge is 0.493 e. The molecule has 0 aliphatic carbocycles. The van der Waals surface area contributed by atoms with Crippen LogP contribution in [0.4, 0.5) is 0 Å². The van der Waals surface area contributed by atoms with Crippen molar-refractivity contribution in [1.29, 1.82) is 0 Å². The predicted octanol–water partition coefficient (Wildman–Crippen LogP) is 3.42. The molecule has 1 aromatic carbocycles. The number of thiazole rings is 1. The van der Waals surface area contributed by atoms with Gasteiger partial charge in [-0.3, -0.25) is 9.69 Å². The molecule has 0 amide bonds. The molecule has 0 saturated carbocycles. The summed E-state index contributed by atoms with van der Waals surface area (Å²) >= 11 is 6.96. The van der Waals surface area contributed by atoms with E-state index in [0.717, 1.165) is 40.7 Å². The molecule has 0 saturated heterocycles. The van der Waals surface area contributed by atoms with Crippen LogP contribution in [0.15, 0.2) is 17.5 Å². The Morgan fingerprint density at radius 1 is 1.22 bits per heavy atom. The van der Waals surface area contributed by atoms with E-state index in [-0.39, 0.29) is 12.4 Å². The van der Waals surface area contributed by atoms with Crippen LogP contribution in [0.1, 0.15) is 23.7 Å². The first-order valence-corrected chi connectivity index (χ1v) is 10.1. The second-order valence-electron chi connectivity index (χ2n) is 6.32. The molecule has 0 spiro atoms. The topological polar surface area (TPSA) is 52.9 Å². The molecule has 2 aromatic rings. The SMILES string of the molecule is CCOC(=O)Cc1csc(=S)n1CN1CCc2cc(OC)c(OC)cc2C1. The molecule has 1 aliphatic heterocycles. The van der Waals surface area contributed by atoms with Crippen molar-refractivity contribution in [1.82, 2.24) is 9.47 Å². The lowest BCUT2D eigenvalue weighted by Gasteiger charge is -2.30. The van der Waals surface area contributed by atoms with Gasteiger partial charge in [-0.1, -0.05) is 0 Å². The van der Waals surface area contributed by atoms with Crippen LogP contribution in [0, 0.1) is 3.95 Å². The van der Waals surface area contributed by atoms with Gasteiger partial charge in [0.15, 0.2) is 15.5 Å². The van der Waals surface area contributed by atoms with E-state index in [9.17, 15) is 4.79 Å². The molecule has 0 atom stereocenters. The number of nitrogens with zero attached hydrogens (tertiary/aromatic N) is 2. The molecule has 0 fully saturated rings. The summed E-state index contributed by atoms with van der Waals surface area (Å²) in [5.41, 5.74) is 3.42. The number of fused-ring (bicyclic) bond motifs is 1. The Bertz CT molecular complexity index is 875. The standard InChI is InChI=1S/C19H24N2O4S2/c1-4-25-18(22)9-15-11-27-19(26)21(15)12-20-6-5-13-7-16(23-2)17(24-3)8-14(13)10-20/h7-8,11H,4-6,9-10,12H2,1-3H3. The fraction of sp³-hybridized carbons (Fsp3) is 0.474. The number of carbonyl (C=O) groups is 1. The molecule has 6 nitrogen and oxygen atoms in total. The van der Waals surface area contributed by atoms with Gasteiger partial charge in [0.25, 0.3) is 0 Å². The Hall–Kier alpha value is -1.90. The zero-order valence-electron chi connectivity index (χ0n) is 15.8. The van der Waals surface area contributed by atoms with E-state index in [0.29, 0.717) is 13.3 Å². The van der Waals surface area contributed by atoms with Gasteiger partial charge in [-0.2, -0.15) is 0 Å². The second kappa shape index (κ2) is 8.86. The lowest BCUT2D eigenvalue weighted by atomic mass is 9.99. The average Bonchev–Trinajstić information content (AvgIpc) is 3.00. The number of hydrogen-bond acceptors (Lipinski definition) is 7. The van der Waals surface area contributed by atoms with Crippen molar-refractivity contribution in [3.8, 4) is 11.5 Å². The lowest BCUT2D eigenvalue weighted by molar-refractivity contribution is -0.142. The van der Waals surface area contributed by atoms with Crippen LogP contribution in [0.3, 0.4) is 0 Å². The number of hydrogen-bond donors (Lipinski definition) is 0. The molecule has 146 valence electrons. The minimum Gasteiger partial charge on any atom is -0.493 e. The normalized spacial score (nSPS) is 13.9. The zero-order chi connectivity index (χ0) is 19.4. The Morgan fingerprint density at radius 3 is 2.59 bits per heavy atom. The smallest absolute Gasteiger partial charge is 0.311 e. The number of rotatable bonds is 7. The molecule has 0 unspecified atom stereocenters. The molecule has 0 radical (unpaired) electrons. The average molecular weight is 409 g/mol. The van der Waals surface area contributed by atoms with Crippen molar-refractivity contribution in [2.75, 3.05) is 27.4 Å². The summed E-state index contributed by atoms with van der Waals surface area (Å²) in [6.45, 7) is 4.57. The monoisotopic (exact) mass is 408 g/mol. The number of carbonyl (C=O) groups excluding carboxylic acids is 1. The van der Waals surface area contributed by atoms with Gasteiger partial charge in [0.2, 0.25) is 0 Å². The molecule has 2 heterocycles. The quantitative estimate of drug-likeness (QED) is 0.517. The van der Waals surface area contributed by atoms with E-state index < -0.39 is 0 Å². The fourth-order valence-corrected chi connectivity index (χ4v) is 4.34. The van der Waals surface area contributed by atoms with Crippen molar-refractivity contribution in [3.05, 3.63) is 38.3 Å². The molecule has 0 bridgehead atoms. The maximum Gasteiger partial charge on any atom is 0.311 e. The van der Waals surface area contributed by atoms with Crippen LogP contribution < -0.4 is 9.47 Å². The fourth-order valence-electron chi connectivity index (χ4n) is 3.27. The van der Waals surface area contributed by atoms with Gasteiger partial charge in [0.1, 0.15) is 0 Å². The highest BCUT2D eigenvalue weighted by molar-refractivity contribution is 7.73. The Balaban J connectivity index is 1.76. The van der Waals surface area contributed by atoms with Crippen molar-refractivity contribution >= 4 is 29.5 Å². The molecule has 8 heteroatoms. The number of aromatic nitrogens is 1. The highest BCUT2D eigenvalue weighted by Crippen LogP contribution is 2.33. The van der Waals surface area contributed by atoms with Crippen LogP contribution in [0.5, 0.6) is 11.5 Å². The Morgan fingerprint density at radius 2 is 1.93 bits per heavy atom. The van der Waals surface area contributed by atoms with Crippen molar-refractivity contribution in [2.24, 2.45) is 0 Å². The predicted molar refractivity (Wildman–Crippen MR) is 107 cm³/mol. The first kappa shape index (κ1) is 19.9. The molecular weight excluding hydrogens is 384 g/mol. The summed E-state index contributed by atoms with van der Waals surface area (Å²) in [5, 5.41) is 1.95. The third-order valence-corrected chi connectivity index (χ3v) is 5.95. The van der Waals surface area contributed by atoms with Gasteiger partial charge >= 0.3 is 5.97 Å². The highest BCUT2D eigenvalue weighted by Gasteiger charge is 2.21. The zero-order valence-corrected chi connectivity index (χ0v) is 17.5. The minimum absolute atomic E-state index is 0.222. The second-order valence-corrected chi connectivity index (χ2v) is 7.83. The molecule has 3 rings (SSSR count). The van der Waals surface area contributed by atoms with E-state index in [1.165, 1.54) is 22.5 Å².